The molecule has 106 valence electrons. The molecule has 1 unspecified atom stereocenters. The first kappa shape index (κ1) is 14.2. The Balaban J connectivity index is 2.16. The van der Waals surface area contributed by atoms with Crippen LogP contribution in [0.15, 0.2) is 0 Å². The predicted octanol–water partition coefficient (Wildman–Crippen LogP) is 0.224. The number of likely N-dealkylation sites (N-methyl/N-ethyl adjacent to an activating group) is 1. The largest absolute Gasteiger partial charge is 0.325 e. The third-order valence-corrected chi connectivity index (χ3v) is 6.54. The van der Waals surface area contributed by atoms with Crippen LogP contribution in [-0.4, -0.2) is 61.1 Å². The summed E-state index contributed by atoms with van der Waals surface area (Å²) in [5, 5.41) is 0. The van der Waals surface area contributed by atoms with E-state index in [1.165, 1.54) is 0 Å². The molecule has 0 saturated carbocycles. The number of hydrogen-bond donors (Lipinski definition) is 1. The van der Waals surface area contributed by atoms with Gasteiger partial charge in [-0.15, -0.1) is 0 Å². The normalized spacial score (nSPS) is 32.1. The molecule has 0 radical (unpaired) electrons. The van der Waals surface area contributed by atoms with Crippen LogP contribution in [0.1, 0.15) is 33.1 Å². The molecule has 2 aliphatic heterocycles. The lowest BCUT2D eigenvalue weighted by atomic mass is 9.81. The summed E-state index contributed by atoms with van der Waals surface area (Å²) in [6.07, 6.45) is 2.90. The Morgan fingerprint density at radius 1 is 1.28 bits per heavy atom. The van der Waals surface area contributed by atoms with Gasteiger partial charge in [0.2, 0.25) is 10.0 Å². The Kier molecular flexibility index (Phi) is 4.02. The van der Waals surface area contributed by atoms with Gasteiger partial charge in [-0.3, -0.25) is 0 Å². The fourth-order valence-electron chi connectivity index (χ4n) is 3.55. The fraction of sp³-hybridized carbons (Fsp3) is 1.00. The van der Waals surface area contributed by atoms with Gasteiger partial charge in [0.25, 0.3) is 0 Å². The Morgan fingerprint density at radius 2 is 1.89 bits per heavy atom. The summed E-state index contributed by atoms with van der Waals surface area (Å²) in [7, 11) is -3.13. The number of hydrogen-bond acceptors (Lipinski definition) is 4. The average molecular weight is 275 g/mol. The number of rotatable bonds is 3. The Labute approximate surface area is 110 Å². The first-order valence-corrected chi connectivity index (χ1v) is 8.55. The summed E-state index contributed by atoms with van der Waals surface area (Å²) in [6, 6.07) is -0.230. The Bertz CT molecular complexity index is 388. The van der Waals surface area contributed by atoms with Gasteiger partial charge >= 0.3 is 0 Å². The molecular formula is C12H25N3O2S. The van der Waals surface area contributed by atoms with Gasteiger partial charge in [-0.25, -0.2) is 8.42 Å². The van der Waals surface area contributed by atoms with Crippen LogP contribution >= 0.6 is 0 Å². The van der Waals surface area contributed by atoms with Crippen LogP contribution in [0.4, 0.5) is 0 Å². The molecule has 6 heteroatoms. The van der Waals surface area contributed by atoms with E-state index in [1.807, 2.05) is 6.92 Å². The van der Waals surface area contributed by atoms with Gasteiger partial charge in [0, 0.05) is 12.6 Å². The van der Waals surface area contributed by atoms with Crippen LogP contribution < -0.4 is 5.73 Å². The van der Waals surface area contributed by atoms with E-state index in [0.717, 1.165) is 38.9 Å². The van der Waals surface area contributed by atoms with Crippen molar-refractivity contribution in [1.82, 2.24) is 9.21 Å². The second kappa shape index (κ2) is 5.07. The van der Waals surface area contributed by atoms with Crippen LogP contribution in [-0.2, 0) is 10.0 Å². The summed E-state index contributed by atoms with van der Waals surface area (Å²) in [5.41, 5.74) is 5.86. The van der Waals surface area contributed by atoms with Gasteiger partial charge in [-0.1, -0.05) is 13.8 Å². The minimum absolute atomic E-state index is 0.120. The van der Waals surface area contributed by atoms with Gasteiger partial charge in [-0.2, -0.15) is 4.31 Å². The van der Waals surface area contributed by atoms with Crippen molar-refractivity contribution >= 4 is 10.0 Å². The molecule has 18 heavy (non-hydrogen) atoms. The molecule has 1 atom stereocenters. The highest BCUT2D eigenvalue weighted by molar-refractivity contribution is 7.89. The molecule has 1 spiro atoms. The fourth-order valence-corrected chi connectivity index (χ4v) is 5.76. The van der Waals surface area contributed by atoms with E-state index in [9.17, 15) is 8.42 Å². The molecule has 0 amide bonds. The smallest absolute Gasteiger partial charge is 0.216 e. The molecule has 2 saturated heterocycles. The molecule has 0 aliphatic carbocycles. The summed E-state index contributed by atoms with van der Waals surface area (Å²) >= 11 is 0. The van der Waals surface area contributed by atoms with Crippen molar-refractivity contribution in [1.29, 1.82) is 0 Å². The lowest BCUT2D eigenvalue weighted by Gasteiger charge is -2.45. The lowest BCUT2D eigenvalue weighted by Crippen LogP contribution is -2.60. The Hall–Kier alpha value is -0.170. The van der Waals surface area contributed by atoms with E-state index in [1.54, 1.807) is 4.31 Å². The quantitative estimate of drug-likeness (QED) is 0.800. The third kappa shape index (κ3) is 2.19. The van der Waals surface area contributed by atoms with E-state index in [-0.39, 0.29) is 17.3 Å². The SMILES string of the molecule is CCCN1CCC2(CC1)C(N)CS(=O)(=O)N2CC. The van der Waals surface area contributed by atoms with Crippen molar-refractivity contribution in [2.75, 3.05) is 31.9 Å². The highest BCUT2D eigenvalue weighted by Gasteiger charge is 2.55. The number of likely N-dealkylation sites (tertiary alicyclic amines) is 1. The number of piperidine rings is 1. The predicted molar refractivity (Wildman–Crippen MR) is 72.8 cm³/mol. The van der Waals surface area contributed by atoms with Gasteiger partial charge in [0.05, 0.1) is 11.3 Å². The number of sulfonamides is 1. The standard InChI is InChI=1S/C12H25N3O2S/c1-3-7-14-8-5-12(6-9-14)11(13)10-18(16,17)15(12)4-2/h11H,3-10,13H2,1-2H3. The molecule has 2 rings (SSSR count). The molecule has 2 aliphatic rings. The van der Waals surface area contributed by atoms with E-state index < -0.39 is 10.0 Å². The maximum Gasteiger partial charge on any atom is 0.216 e. The van der Waals surface area contributed by atoms with Crippen LogP contribution in [0.5, 0.6) is 0 Å². The first-order chi connectivity index (χ1) is 8.46. The zero-order valence-electron chi connectivity index (χ0n) is 11.4. The van der Waals surface area contributed by atoms with Crippen molar-refractivity contribution in [2.45, 2.75) is 44.7 Å². The molecule has 2 heterocycles. The van der Waals surface area contributed by atoms with E-state index in [4.69, 9.17) is 5.73 Å². The maximum atomic E-state index is 12.1. The van der Waals surface area contributed by atoms with Crippen LogP contribution in [0.2, 0.25) is 0 Å². The highest BCUT2D eigenvalue weighted by Crippen LogP contribution is 2.39. The van der Waals surface area contributed by atoms with Gasteiger partial charge in [-0.05, 0) is 38.9 Å². The monoisotopic (exact) mass is 275 g/mol. The molecule has 2 fully saturated rings. The molecule has 0 aromatic heterocycles. The number of nitrogens with zero attached hydrogens (tertiary/aromatic N) is 2. The van der Waals surface area contributed by atoms with Gasteiger partial charge < -0.3 is 10.6 Å². The summed E-state index contributed by atoms with van der Waals surface area (Å²) in [4.78, 5) is 2.41. The number of nitrogens with two attached hydrogens (primary N) is 1. The molecule has 5 nitrogen and oxygen atoms in total. The van der Waals surface area contributed by atoms with Crippen molar-refractivity contribution in [3.63, 3.8) is 0 Å². The van der Waals surface area contributed by atoms with Crippen LogP contribution in [0.3, 0.4) is 0 Å². The average Bonchev–Trinajstić information content (AvgIpc) is 2.49. The second-order valence-electron chi connectivity index (χ2n) is 5.50. The van der Waals surface area contributed by atoms with Gasteiger partial charge in [0.15, 0.2) is 0 Å². The first-order valence-electron chi connectivity index (χ1n) is 6.94. The summed E-state index contributed by atoms with van der Waals surface area (Å²) in [5.74, 6) is 0.120. The highest BCUT2D eigenvalue weighted by atomic mass is 32.2. The minimum Gasteiger partial charge on any atom is -0.325 e. The molecule has 0 bridgehead atoms. The van der Waals surface area contributed by atoms with E-state index in [0.29, 0.717) is 6.54 Å². The molecule has 0 aromatic carbocycles. The lowest BCUT2D eigenvalue weighted by molar-refractivity contribution is 0.0767. The molecule has 0 aromatic rings. The minimum atomic E-state index is -3.13. The Morgan fingerprint density at radius 3 is 2.39 bits per heavy atom. The zero-order valence-corrected chi connectivity index (χ0v) is 12.2. The second-order valence-corrected chi connectivity index (χ2v) is 7.43. The van der Waals surface area contributed by atoms with Crippen LogP contribution in [0, 0.1) is 0 Å². The maximum absolute atomic E-state index is 12.1. The van der Waals surface area contributed by atoms with Crippen molar-refractivity contribution in [3.05, 3.63) is 0 Å². The zero-order chi connectivity index (χ0) is 13.4. The topological polar surface area (TPSA) is 66.6 Å². The van der Waals surface area contributed by atoms with E-state index >= 15 is 0 Å². The summed E-state index contributed by atoms with van der Waals surface area (Å²) < 4.78 is 25.9. The summed E-state index contributed by atoms with van der Waals surface area (Å²) in [6.45, 7) is 7.67. The molecule has 2 N–H and O–H groups in total. The molecular weight excluding hydrogens is 250 g/mol. The van der Waals surface area contributed by atoms with Crippen LogP contribution in [0.25, 0.3) is 0 Å². The van der Waals surface area contributed by atoms with Crippen molar-refractivity contribution < 1.29 is 8.42 Å². The third-order valence-electron chi connectivity index (χ3n) is 4.46. The van der Waals surface area contributed by atoms with Crippen molar-refractivity contribution in [3.8, 4) is 0 Å². The van der Waals surface area contributed by atoms with E-state index in [2.05, 4.69) is 11.8 Å². The van der Waals surface area contributed by atoms with Gasteiger partial charge in [0.1, 0.15) is 0 Å². The van der Waals surface area contributed by atoms with Crippen molar-refractivity contribution in [2.24, 2.45) is 5.73 Å².